The number of carbonyl (C=O) groups excluding carboxylic acids is 2. The number of nitrogens with one attached hydrogen (secondary N) is 2. The molecule has 9 nitrogen and oxygen atoms in total. The van der Waals surface area contributed by atoms with Crippen molar-refractivity contribution in [1.29, 1.82) is 0 Å². The van der Waals surface area contributed by atoms with Gasteiger partial charge in [-0.25, -0.2) is 9.59 Å². The molecule has 3 rings (SSSR count). The highest BCUT2D eigenvalue weighted by Crippen LogP contribution is 2.25. The lowest BCUT2D eigenvalue weighted by atomic mass is 10.1. The average molecular weight is 626 g/mol. The molecule has 214 valence electrons. The van der Waals surface area contributed by atoms with Gasteiger partial charge in [-0.15, -0.1) is 5.06 Å². The normalized spacial score (nSPS) is 12.8. The fraction of sp³-hybridized carbons (Fsp3) is 0.259. The lowest BCUT2D eigenvalue weighted by Gasteiger charge is -2.22. The third-order valence-corrected chi connectivity index (χ3v) is 5.86. The minimum atomic E-state index is -5.31. The number of carbonyl (C=O) groups is 2. The molecule has 0 unspecified atom stereocenters. The number of amides is 2. The molecule has 2 atom stereocenters. The van der Waals surface area contributed by atoms with Gasteiger partial charge in [0.05, 0.1) is 12.3 Å². The van der Waals surface area contributed by atoms with E-state index < -0.39 is 24.3 Å². The molecule has 40 heavy (non-hydrogen) atoms. The number of alkyl halides is 3. The molecule has 0 aliphatic rings. The molecule has 0 bridgehead atoms. The van der Waals surface area contributed by atoms with E-state index in [1.54, 1.807) is 30.3 Å². The summed E-state index contributed by atoms with van der Waals surface area (Å²) >= 11 is 3.16. The van der Waals surface area contributed by atoms with Gasteiger partial charge in [0, 0.05) is 22.7 Å². The van der Waals surface area contributed by atoms with Crippen molar-refractivity contribution < 1.29 is 42.5 Å². The standard InChI is InChI=1S/C27H27BrF3N3O6/c28-19-5-4-6-22(14-19)34(40-25(37)27(29,30)31)26(38)33-20-11-9-18(10-12-20)13-21(16-35)32-15-23(36)17-39-24-7-2-1-3-8-24/h1-12,14,21,23,32,35-36H,13,15-17H2,(H,33,38)/t21-,23-/m0/s1. The van der Waals surface area contributed by atoms with Crippen molar-refractivity contribution >= 4 is 39.3 Å². The van der Waals surface area contributed by atoms with Crippen molar-refractivity contribution in [2.24, 2.45) is 0 Å². The maximum Gasteiger partial charge on any atom is 0.493 e. The van der Waals surface area contributed by atoms with Crippen LogP contribution in [0.3, 0.4) is 0 Å². The first-order valence-corrected chi connectivity index (χ1v) is 12.8. The van der Waals surface area contributed by atoms with Gasteiger partial charge in [0.25, 0.3) is 0 Å². The zero-order chi connectivity index (χ0) is 29.1. The zero-order valence-corrected chi connectivity index (χ0v) is 22.6. The number of hydrogen-bond donors (Lipinski definition) is 4. The van der Waals surface area contributed by atoms with Crippen LogP contribution >= 0.6 is 15.9 Å². The number of rotatable bonds is 11. The van der Waals surface area contributed by atoms with Crippen molar-refractivity contribution in [2.75, 3.05) is 30.1 Å². The molecular formula is C27H27BrF3N3O6. The highest BCUT2D eigenvalue weighted by molar-refractivity contribution is 9.10. The third kappa shape index (κ3) is 9.83. The van der Waals surface area contributed by atoms with Gasteiger partial charge in [-0.3, -0.25) is 0 Å². The van der Waals surface area contributed by atoms with Crippen LogP contribution in [-0.2, 0) is 16.1 Å². The van der Waals surface area contributed by atoms with Crippen LogP contribution in [0.25, 0.3) is 0 Å². The number of benzene rings is 3. The fourth-order valence-electron chi connectivity index (χ4n) is 3.40. The van der Waals surface area contributed by atoms with E-state index in [0.29, 0.717) is 16.6 Å². The van der Waals surface area contributed by atoms with Crippen LogP contribution in [0.1, 0.15) is 5.56 Å². The maximum atomic E-state index is 12.8. The summed E-state index contributed by atoms with van der Waals surface area (Å²) in [6.45, 7) is 0.0317. The first-order valence-electron chi connectivity index (χ1n) is 12.0. The van der Waals surface area contributed by atoms with Gasteiger partial charge in [-0.1, -0.05) is 52.3 Å². The van der Waals surface area contributed by atoms with Crippen LogP contribution < -0.4 is 20.4 Å². The van der Waals surface area contributed by atoms with Crippen molar-refractivity contribution in [3.8, 4) is 5.75 Å². The summed E-state index contributed by atoms with van der Waals surface area (Å²) in [5.74, 6) is -1.93. The predicted octanol–water partition coefficient (Wildman–Crippen LogP) is 4.44. The number of ether oxygens (including phenoxy) is 1. The van der Waals surface area contributed by atoms with Crippen LogP contribution in [-0.4, -0.2) is 60.3 Å². The smallest absolute Gasteiger partial charge is 0.491 e. The Morgan fingerprint density at radius 3 is 2.33 bits per heavy atom. The summed E-state index contributed by atoms with van der Waals surface area (Å²) in [5, 5.41) is 25.6. The number of urea groups is 1. The number of hydrogen-bond acceptors (Lipinski definition) is 7. The second kappa shape index (κ2) is 14.7. The maximum absolute atomic E-state index is 12.8. The van der Waals surface area contributed by atoms with Gasteiger partial charge in [0.15, 0.2) is 0 Å². The van der Waals surface area contributed by atoms with Gasteiger partial charge in [-0.05, 0) is 54.4 Å². The molecule has 2 amide bonds. The lowest BCUT2D eigenvalue weighted by Crippen LogP contribution is -2.41. The summed E-state index contributed by atoms with van der Waals surface area (Å²) < 4.78 is 44.3. The molecule has 0 heterocycles. The summed E-state index contributed by atoms with van der Waals surface area (Å²) in [7, 11) is 0. The Labute approximate surface area is 236 Å². The molecule has 0 aliphatic heterocycles. The zero-order valence-electron chi connectivity index (χ0n) is 21.0. The van der Waals surface area contributed by atoms with Crippen LogP contribution in [0.5, 0.6) is 5.75 Å². The van der Waals surface area contributed by atoms with Crippen LogP contribution in [0.2, 0.25) is 0 Å². The predicted molar refractivity (Wildman–Crippen MR) is 145 cm³/mol. The van der Waals surface area contributed by atoms with Crippen molar-refractivity contribution in [3.63, 3.8) is 0 Å². The summed E-state index contributed by atoms with van der Waals surface area (Å²) in [6.07, 6.45) is -5.75. The van der Waals surface area contributed by atoms with Gasteiger partial charge >= 0.3 is 18.2 Å². The number of para-hydroxylation sites is 1. The van der Waals surface area contributed by atoms with Gasteiger partial charge in [0.2, 0.25) is 0 Å². The first kappa shape index (κ1) is 30.9. The molecule has 13 heteroatoms. The molecular weight excluding hydrogens is 599 g/mol. The Hall–Kier alpha value is -3.65. The summed E-state index contributed by atoms with van der Waals surface area (Å²) in [5.41, 5.74) is 0.875. The van der Waals surface area contributed by atoms with Crippen LogP contribution in [0, 0.1) is 0 Å². The van der Waals surface area contributed by atoms with Crippen molar-refractivity contribution in [1.82, 2.24) is 5.32 Å². The highest BCUT2D eigenvalue weighted by atomic mass is 79.9. The molecule has 0 saturated heterocycles. The van der Waals surface area contributed by atoms with Crippen molar-refractivity contribution in [2.45, 2.75) is 24.7 Å². The van der Waals surface area contributed by atoms with Crippen molar-refractivity contribution in [3.05, 3.63) is 88.9 Å². The van der Waals surface area contributed by atoms with E-state index in [2.05, 4.69) is 31.4 Å². The SMILES string of the molecule is O=C(Nc1ccc(C[C@@H](CO)NC[C@H](O)COc2ccccc2)cc1)N(OC(=O)C(F)(F)F)c1cccc(Br)c1. The molecule has 3 aromatic rings. The minimum absolute atomic E-state index is 0.0682. The molecule has 0 radical (unpaired) electrons. The lowest BCUT2D eigenvalue weighted by molar-refractivity contribution is -0.199. The van der Waals surface area contributed by atoms with E-state index >= 15 is 0 Å². The van der Waals surface area contributed by atoms with E-state index in [1.807, 2.05) is 18.2 Å². The number of anilines is 2. The van der Waals surface area contributed by atoms with E-state index in [1.165, 1.54) is 30.3 Å². The van der Waals surface area contributed by atoms with Gasteiger partial charge in [0.1, 0.15) is 18.5 Å². The quantitative estimate of drug-likeness (QED) is 0.233. The molecule has 4 N–H and O–H groups in total. The van der Waals surface area contributed by atoms with Crippen LogP contribution in [0.4, 0.5) is 29.3 Å². The Morgan fingerprint density at radius 1 is 1.00 bits per heavy atom. The number of nitrogens with zero attached hydrogens (tertiary/aromatic N) is 1. The van der Waals surface area contributed by atoms with E-state index in [-0.39, 0.29) is 42.2 Å². The Morgan fingerprint density at radius 2 is 1.70 bits per heavy atom. The molecule has 0 aliphatic carbocycles. The highest BCUT2D eigenvalue weighted by Gasteiger charge is 2.43. The summed E-state index contributed by atoms with van der Waals surface area (Å²) in [6, 6.07) is 19.5. The van der Waals surface area contributed by atoms with Crippen LogP contribution in [0.15, 0.2) is 83.3 Å². The third-order valence-electron chi connectivity index (χ3n) is 5.37. The second-order valence-electron chi connectivity index (χ2n) is 8.55. The van der Waals surface area contributed by atoms with Gasteiger partial charge < -0.3 is 30.4 Å². The number of hydroxylamine groups is 1. The number of aliphatic hydroxyl groups is 2. The van der Waals surface area contributed by atoms with Gasteiger partial charge in [-0.2, -0.15) is 13.2 Å². The Balaban J connectivity index is 1.56. The monoisotopic (exact) mass is 625 g/mol. The van der Waals surface area contributed by atoms with E-state index in [4.69, 9.17) is 4.74 Å². The Bertz CT molecular complexity index is 1250. The average Bonchev–Trinajstić information content (AvgIpc) is 2.93. The molecule has 0 spiro atoms. The fourth-order valence-corrected chi connectivity index (χ4v) is 3.79. The number of halogens is 4. The minimum Gasteiger partial charge on any atom is -0.491 e. The molecule has 0 saturated carbocycles. The first-order chi connectivity index (χ1) is 19.0. The molecule has 3 aromatic carbocycles. The molecule has 0 fully saturated rings. The van der Waals surface area contributed by atoms with E-state index in [0.717, 1.165) is 5.56 Å². The molecule has 0 aromatic heterocycles. The summed E-state index contributed by atoms with van der Waals surface area (Å²) in [4.78, 5) is 28.5. The topological polar surface area (TPSA) is 120 Å². The number of aliphatic hydroxyl groups excluding tert-OH is 2. The van der Waals surface area contributed by atoms with E-state index in [9.17, 15) is 33.0 Å². The Kier molecular flexibility index (Phi) is 11.3. The largest absolute Gasteiger partial charge is 0.493 e. The second-order valence-corrected chi connectivity index (χ2v) is 9.46.